The molecule has 0 aromatic heterocycles. The van der Waals surface area contributed by atoms with Crippen LogP contribution in [-0.2, 0) is 11.2 Å². The first-order valence-corrected chi connectivity index (χ1v) is 10.7. The van der Waals surface area contributed by atoms with Crippen molar-refractivity contribution in [1.29, 1.82) is 0 Å². The van der Waals surface area contributed by atoms with Gasteiger partial charge in [0.15, 0.2) is 0 Å². The Labute approximate surface area is 172 Å². The molecule has 4 nitrogen and oxygen atoms in total. The Morgan fingerprint density at radius 3 is 1.82 bits per heavy atom. The molecule has 2 aliphatic heterocycles. The van der Waals surface area contributed by atoms with Crippen molar-refractivity contribution in [3.63, 3.8) is 0 Å². The number of benzene rings is 2. The van der Waals surface area contributed by atoms with Gasteiger partial charge in [0.1, 0.15) is 0 Å². The number of piperidine rings is 1. The lowest BCUT2D eigenvalue weighted by atomic mass is 10.1. The van der Waals surface area contributed by atoms with E-state index in [0.717, 1.165) is 31.7 Å². The third-order valence-corrected chi connectivity index (χ3v) is 6.09. The van der Waals surface area contributed by atoms with E-state index in [4.69, 9.17) is 11.6 Å². The minimum Gasteiger partial charge on any atom is -0.372 e. The minimum absolute atomic E-state index is 0.197. The maximum atomic E-state index is 12.6. The number of anilines is 2. The first-order chi connectivity index (χ1) is 13.7. The molecule has 0 aliphatic carbocycles. The number of carbonyl (C=O) groups is 1. The van der Waals surface area contributed by atoms with Crippen LogP contribution in [0.5, 0.6) is 0 Å². The van der Waals surface area contributed by atoms with Crippen LogP contribution in [0.25, 0.3) is 0 Å². The highest BCUT2D eigenvalue weighted by atomic mass is 35.5. The number of rotatable bonds is 4. The predicted molar refractivity (Wildman–Crippen MR) is 116 cm³/mol. The maximum absolute atomic E-state index is 12.6. The van der Waals surface area contributed by atoms with Crippen molar-refractivity contribution in [1.82, 2.24) is 4.90 Å². The number of amides is 1. The van der Waals surface area contributed by atoms with Crippen molar-refractivity contribution < 1.29 is 4.79 Å². The topological polar surface area (TPSA) is 26.8 Å². The van der Waals surface area contributed by atoms with E-state index in [1.807, 2.05) is 29.2 Å². The number of piperazine rings is 1. The summed E-state index contributed by atoms with van der Waals surface area (Å²) in [6, 6.07) is 16.5. The normalized spacial score (nSPS) is 17.7. The molecule has 0 N–H and O–H groups in total. The van der Waals surface area contributed by atoms with Gasteiger partial charge in [0.2, 0.25) is 5.91 Å². The summed E-state index contributed by atoms with van der Waals surface area (Å²) in [5.74, 6) is 0.197. The van der Waals surface area contributed by atoms with Crippen LogP contribution in [0, 0.1) is 0 Å². The molecule has 2 fully saturated rings. The Morgan fingerprint density at radius 1 is 0.714 bits per heavy atom. The standard InChI is InChI=1S/C23H28ClN3O/c24-20-6-4-19(5-7-20)18-23(28)27-16-14-26(15-17-27)22-10-8-21(9-11-22)25-12-2-1-3-13-25/h4-11H,1-3,12-18H2. The molecule has 2 aliphatic rings. The quantitative estimate of drug-likeness (QED) is 0.772. The van der Waals surface area contributed by atoms with Crippen molar-refractivity contribution in [2.45, 2.75) is 25.7 Å². The average Bonchev–Trinajstić information content (AvgIpc) is 2.76. The van der Waals surface area contributed by atoms with Crippen molar-refractivity contribution >= 4 is 28.9 Å². The van der Waals surface area contributed by atoms with Crippen molar-refractivity contribution in [2.75, 3.05) is 49.1 Å². The molecular weight excluding hydrogens is 370 g/mol. The van der Waals surface area contributed by atoms with E-state index < -0.39 is 0 Å². The van der Waals surface area contributed by atoms with E-state index >= 15 is 0 Å². The number of halogens is 1. The smallest absolute Gasteiger partial charge is 0.227 e. The summed E-state index contributed by atoms with van der Waals surface area (Å²) < 4.78 is 0. The van der Waals surface area contributed by atoms with Gasteiger partial charge in [-0.1, -0.05) is 23.7 Å². The largest absolute Gasteiger partial charge is 0.372 e. The van der Waals surface area contributed by atoms with Gasteiger partial charge in [-0.2, -0.15) is 0 Å². The summed E-state index contributed by atoms with van der Waals surface area (Å²) in [6.45, 7) is 5.67. The SMILES string of the molecule is O=C(Cc1ccc(Cl)cc1)N1CCN(c2ccc(N3CCCCC3)cc2)CC1. The summed E-state index contributed by atoms with van der Waals surface area (Å²) in [5, 5.41) is 0.705. The Balaban J connectivity index is 1.29. The van der Waals surface area contributed by atoms with Crippen molar-refractivity contribution in [3.05, 3.63) is 59.1 Å². The second-order valence-corrected chi connectivity index (χ2v) is 8.17. The summed E-state index contributed by atoms with van der Waals surface area (Å²) in [7, 11) is 0. The molecule has 0 radical (unpaired) electrons. The summed E-state index contributed by atoms with van der Waals surface area (Å²) >= 11 is 5.92. The molecule has 0 saturated carbocycles. The lowest BCUT2D eigenvalue weighted by Crippen LogP contribution is -2.49. The lowest BCUT2D eigenvalue weighted by Gasteiger charge is -2.36. The Kier molecular flexibility index (Phi) is 6.06. The van der Waals surface area contributed by atoms with Gasteiger partial charge in [0.05, 0.1) is 6.42 Å². The molecule has 2 aromatic rings. The van der Waals surface area contributed by atoms with Gasteiger partial charge in [-0.15, -0.1) is 0 Å². The highest BCUT2D eigenvalue weighted by Crippen LogP contribution is 2.24. The molecule has 28 heavy (non-hydrogen) atoms. The molecule has 2 saturated heterocycles. The van der Waals surface area contributed by atoms with Crippen LogP contribution in [0.1, 0.15) is 24.8 Å². The van der Waals surface area contributed by atoms with Crippen LogP contribution < -0.4 is 9.80 Å². The van der Waals surface area contributed by atoms with Gasteiger partial charge in [0, 0.05) is 55.7 Å². The zero-order chi connectivity index (χ0) is 19.3. The van der Waals surface area contributed by atoms with E-state index in [1.54, 1.807) is 0 Å². The number of nitrogens with zero attached hydrogens (tertiary/aromatic N) is 3. The Hall–Kier alpha value is -2.20. The molecule has 148 valence electrons. The van der Waals surface area contributed by atoms with Crippen LogP contribution in [0.2, 0.25) is 5.02 Å². The molecule has 0 unspecified atom stereocenters. The van der Waals surface area contributed by atoms with Gasteiger partial charge >= 0.3 is 0 Å². The zero-order valence-electron chi connectivity index (χ0n) is 16.3. The third kappa shape index (κ3) is 4.61. The summed E-state index contributed by atoms with van der Waals surface area (Å²) in [5.41, 5.74) is 3.61. The van der Waals surface area contributed by atoms with E-state index in [1.165, 1.54) is 43.7 Å². The van der Waals surface area contributed by atoms with E-state index in [0.29, 0.717) is 11.4 Å². The Bertz CT molecular complexity index is 776. The first-order valence-electron chi connectivity index (χ1n) is 10.3. The monoisotopic (exact) mass is 397 g/mol. The molecular formula is C23H28ClN3O. The van der Waals surface area contributed by atoms with Crippen molar-refractivity contribution in [2.24, 2.45) is 0 Å². The van der Waals surface area contributed by atoms with Crippen LogP contribution in [0.3, 0.4) is 0 Å². The average molecular weight is 398 g/mol. The van der Waals surface area contributed by atoms with E-state index in [-0.39, 0.29) is 5.91 Å². The molecule has 0 bridgehead atoms. The van der Waals surface area contributed by atoms with Crippen LogP contribution in [0.4, 0.5) is 11.4 Å². The van der Waals surface area contributed by atoms with E-state index in [2.05, 4.69) is 34.1 Å². The maximum Gasteiger partial charge on any atom is 0.227 e. The molecule has 2 heterocycles. The highest BCUT2D eigenvalue weighted by molar-refractivity contribution is 6.30. The molecule has 2 aromatic carbocycles. The predicted octanol–water partition coefficient (Wildman–Crippen LogP) is 4.22. The van der Waals surface area contributed by atoms with Gasteiger partial charge in [-0.25, -0.2) is 0 Å². The number of hydrogen-bond acceptors (Lipinski definition) is 3. The van der Waals surface area contributed by atoms with Crippen molar-refractivity contribution in [3.8, 4) is 0 Å². The fraction of sp³-hybridized carbons (Fsp3) is 0.435. The number of hydrogen-bond donors (Lipinski definition) is 0. The molecule has 5 heteroatoms. The second kappa shape index (κ2) is 8.87. The molecule has 0 spiro atoms. The molecule has 4 rings (SSSR count). The molecule has 1 amide bonds. The fourth-order valence-electron chi connectivity index (χ4n) is 4.13. The highest BCUT2D eigenvalue weighted by Gasteiger charge is 2.21. The summed E-state index contributed by atoms with van der Waals surface area (Å²) in [6.07, 6.45) is 4.40. The van der Waals surface area contributed by atoms with Gasteiger partial charge in [-0.3, -0.25) is 4.79 Å². The van der Waals surface area contributed by atoms with E-state index in [9.17, 15) is 4.79 Å². The van der Waals surface area contributed by atoms with Crippen LogP contribution in [0.15, 0.2) is 48.5 Å². The minimum atomic E-state index is 0.197. The molecule has 0 atom stereocenters. The van der Waals surface area contributed by atoms with Gasteiger partial charge in [-0.05, 0) is 61.2 Å². The van der Waals surface area contributed by atoms with Gasteiger partial charge < -0.3 is 14.7 Å². The Morgan fingerprint density at radius 2 is 1.25 bits per heavy atom. The number of carbonyl (C=O) groups excluding carboxylic acids is 1. The first kappa shape index (κ1) is 19.1. The summed E-state index contributed by atoms with van der Waals surface area (Å²) in [4.78, 5) is 19.4. The zero-order valence-corrected chi connectivity index (χ0v) is 17.1. The second-order valence-electron chi connectivity index (χ2n) is 7.74. The van der Waals surface area contributed by atoms with Crippen LogP contribution >= 0.6 is 11.6 Å². The lowest BCUT2D eigenvalue weighted by molar-refractivity contribution is -0.130. The van der Waals surface area contributed by atoms with Gasteiger partial charge in [0.25, 0.3) is 0 Å². The fourth-order valence-corrected chi connectivity index (χ4v) is 4.26. The third-order valence-electron chi connectivity index (χ3n) is 5.84. The van der Waals surface area contributed by atoms with Crippen LogP contribution in [-0.4, -0.2) is 50.1 Å².